The molecule has 3 rings (SSSR count). The molecule has 0 bridgehead atoms. The van der Waals surface area contributed by atoms with E-state index in [2.05, 4.69) is 5.32 Å². The van der Waals surface area contributed by atoms with Crippen LogP contribution in [0.15, 0.2) is 89.8 Å². The number of para-hydroxylation sites is 1. The second kappa shape index (κ2) is 12.3. The molecule has 38 heavy (non-hydrogen) atoms. The summed E-state index contributed by atoms with van der Waals surface area (Å²) in [7, 11) is -4.06. The van der Waals surface area contributed by atoms with E-state index in [1.807, 2.05) is 58.9 Å². The average Bonchev–Trinajstić information content (AvgIpc) is 2.88. The molecule has 7 nitrogen and oxygen atoms in total. The lowest BCUT2D eigenvalue weighted by atomic mass is 10.0. The number of carbonyl (C=O) groups is 2. The van der Waals surface area contributed by atoms with Crippen molar-refractivity contribution in [3.8, 4) is 0 Å². The molecule has 0 aliphatic rings. The molecule has 1 N–H and O–H groups in total. The van der Waals surface area contributed by atoms with Crippen LogP contribution in [0.3, 0.4) is 0 Å². The van der Waals surface area contributed by atoms with Gasteiger partial charge >= 0.3 is 0 Å². The maximum atomic E-state index is 14.0. The predicted molar refractivity (Wildman–Crippen MR) is 151 cm³/mol. The summed E-state index contributed by atoms with van der Waals surface area (Å²) < 4.78 is 28.6. The lowest BCUT2D eigenvalue weighted by molar-refractivity contribution is -0.141. The molecule has 0 radical (unpaired) electrons. The van der Waals surface area contributed by atoms with Gasteiger partial charge in [-0.05, 0) is 69.5 Å². The van der Waals surface area contributed by atoms with Crippen molar-refractivity contribution in [2.75, 3.05) is 10.8 Å². The Labute approximate surface area is 226 Å². The molecule has 0 aliphatic heterocycles. The molecule has 0 fully saturated rings. The van der Waals surface area contributed by atoms with E-state index in [9.17, 15) is 18.0 Å². The molecule has 0 saturated carbocycles. The second-order valence-corrected chi connectivity index (χ2v) is 12.1. The van der Waals surface area contributed by atoms with Crippen molar-refractivity contribution >= 4 is 27.5 Å². The number of anilines is 1. The Bertz CT molecular complexity index is 1340. The minimum atomic E-state index is -4.06. The first kappa shape index (κ1) is 28.9. The van der Waals surface area contributed by atoms with E-state index in [1.165, 1.54) is 17.0 Å². The van der Waals surface area contributed by atoms with Crippen molar-refractivity contribution in [2.45, 2.75) is 64.1 Å². The van der Waals surface area contributed by atoms with E-state index in [-0.39, 0.29) is 17.3 Å². The maximum Gasteiger partial charge on any atom is 0.264 e. The number of hydrogen-bond acceptors (Lipinski definition) is 4. The summed E-state index contributed by atoms with van der Waals surface area (Å²) in [6.45, 7) is 9.17. The summed E-state index contributed by atoms with van der Waals surface area (Å²) in [5.41, 5.74) is 1.75. The van der Waals surface area contributed by atoms with E-state index in [1.54, 1.807) is 48.5 Å². The Hall–Kier alpha value is -3.65. The molecule has 8 heteroatoms. The van der Waals surface area contributed by atoms with Gasteiger partial charge in [-0.2, -0.15) is 0 Å². The largest absolute Gasteiger partial charge is 0.350 e. The van der Waals surface area contributed by atoms with Crippen molar-refractivity contribution in [3.63, 3.8) is 0 Å². The first-order valence-corrected chi connectivity index (χ1v) is 14.2. The molecule has 0 saturated heterocycles. The van der Waals surface area contributed by atoms with Crippen molar-refractivity contribution in [1.82, 2.24) is 10.2 Å². The molecule has 3 aromatic carbocycles. The van der Waals surface area contributed by atoms with Crippen LogP contribution in [0.5, 0.6) is 0 Å². The van der Waals surface area contributed by atoms with E-state index >= 15 is 0 Å². The zero-order valence-electron chi connectivity index (χ0n) is 22.7. The summed E-state index contributed by atoms with van der Waals surface area (Å²) in [4.78, 5) is 29.0. The minimum absolute atomic E-state index is 0.0830. The zero-order valence-corrected chi connectivity index (χ0v) is 23.5. The van der Waals surface area contributed by atoms with E-state index in [0.717, 1.165) is 15.4 Å². The van der Waals surface area contributed by atoms with Crippen LogP contribution in [-0.4, -0.2) is 43.3 Å². The van der Waals surface area contributed by atoms with E-state index in [0.29, 0.717) is 12.1 Å². The third kappa shape index (κ3) is 7.22. The number of nitrogens with zero attached hydrogens (tertiary/aromatic N) is 2. The molecule has 1 atom stereocenters. The fraction of sp³-hybridized carbons (Fsp3) is 0.333. The van der Waals surface area contributed by atoms with Gasteiger partial charge in [-0.3, -0.25) is 13.9 Å². The van der Waals surface area contributed by atoms with E-state index in [4.69, 9.17) is 0 Å². The topological polar surface area (TPSA) is 86.8 Å². The van der Waals surface area contributed by atoms with Gasteiger partial charge in [0, 0.05) is 12.1 Å². The molecule has 3 aromatic rings. The number of nitrogens with one attached hydrogen (secondary N) is 1. The van der Waals surface area contributed by atoms with Gasteiger partial charge in [0.2, 0.25) is 11.8 Å². The van der Waals surface area contributed by atoms with Gasteiger partial charge in [-0.15, -0.1) is 0 Å². The van der Waals surface area contributed by atoms with E-state index < -0.39 is 34.1 Å². The third-order valence-electron chi connectivity index (χ3n) is 6.14. The highest BCUT2D eigenvalue weighted by Gasteiger charge is 2.34. The van der Waals surface area contributed by atoms with Gasteiger partial charge in [-0.1, -0.05) is 67.6 Å². The lowest BCUT2D eigenvalue weighted by Gasteiger charge is -2.35. The quantitative estimate of drug-likeness (QED) is 0.400. The fourth-order valence-electron chi connectivity index (χ4n) is 4.19. The molecular formula is C30H37N3O4S. The number of rotatable bonds is 10. The highest BCUT2D eigenvalue weighted by Crippen LogP contribution is 2.25. The Morgan fingerprint density at radius 2 is 1.42 bits per heavy atom. The number of hydrogen-bond donors (Lipinski definition) is 1. The Morgan fingerprint density at radius 1 is 0.868 bits per heavy atom. The smallest absolute Gasteiger partial charge is 0.264 e. The lowest BCUT2D eigenvalue weighted by Crippen LogP contribution is -2.55. The molecule has 0 aromatic heterocycles. The highest BCUT2D eigenvalue weighted by atomic mass is 32.2. The SMILES string of the molecule is CC[C@H](C(=O)NC(C)(C)C)N(Cc1ccccc1C)C(=O)CN(c1ccccc1)S(=O)(=O)c1ccccc1. The molecule has 0 heterocycles. The van der Waals surface area contributed by atoms with Crippen LogP contribution in [-0.2, 0) is 26.2 Å². The molecule has 0 unspecified atom stereocenters. The van der Waals surface area contributed by atoms with Gasteiger partial charge in [-0.25, -0.2) is 8.42 Å². The van der Waals surface area contributed by atoms with Crippen molar-refractivity contribution in [1.29, 1.82) is 0 Å². The average molecular weight is 536 g/mol. The summed E-state index contributed by atoms with van der Waals surface area (Å²) >= 11 is 0. The number of sulfonamides is 1. The van der Waals surface area contributed by atoms with Crippen LogP contribution >= 0.6 is 0 Å². The first-order chi connectivity index (χ1) is 17.9. The number of benzene rings is 3. The summed E-state index contributed by atoms with van der Waals surface area (Å²) in [6.07, 6.45) is 0.371. The van der Waals surface area contributed by atoms with Crippen molar-refractivity contribution in [3.05, 3.63) is 96.1 Å². The minimum Gasteiger partial charge on any atom is -0.350 e. The number of aryl methyl sites for hydroxylation is 1. The molecule has 2 amide bonds. The summed E-state index contributed by atoms with van der Waals surface area (Å²) in [5, 5.41) is 2.98. The first-order valence-electron chi connectivity index (χ1n) is 12.7. The van der Waals surface area contributed by atoms with Gasteiger partial charge in [0.25, 0.3) is 10.0 Å². The predicted octanol–water partition coefficient (Wildman–Crippen LogP) is 4.91. The van der Waals surface area contributed by atoms with Crippen LogP contribution in [0.1, 0.15) is 45.2 Å². The fourth-order valence-corrected chi connectivity index (χ4v) is 5.62. The standard InChI is InChI=1S/C30H37N3O4S/c1-6-27(29(35)31-30(3,4)5)32(21-24-16-14-13-15-23(24)2)28(34)22-33(25-17-9-7-10-18-25)38(36,37)26-19-11-8-12-20-26/h7-20,27H,6,21-22H2,1-5H3,(H,31,35)/t27-/m1/s1. The Morgan fingerprint density at radius 3 is 1.97 bits per heavy atom. The molecule has 0 spiro atoms. The van der Waals surface area contributed by atoms with Crippen LogP contribution in [0.2, 0.25) is 0 Å². The van der Waals surface area contributed by atoms with Crippen LogP contribution in [0.25, 0.3) is 0 Å². The van der Waals surface area contributed by atoms with Crippen LogP contribution in [0.4, 0.5) is 5.69 Å². The highest BCUT2D eigenvalue weighted by molar-refractivity contribution is 7.92. The summed E-state index contributed by atoms with van der Waals surface area (Å²) in [6, 6.07) is 23.5. The van der Waals surface area contributed by atoms with Gasteiger partial charge in [0.15, 0.2) is 0 Å². The second-order valence-electron chi connectivity index (χ2n) is 10.3. The zero-order chi connectivity index (χ0) is 27.9. The van der Waals surface area contributed by atoms with Crippen molar-refractivity contribution in [2.24, 2.45) is 0 Å². The molecular weight excluding hydrogens is 498 g/mol. The van der Waals surface area contributed by atoms with Crippen molar-refractivity contribution < 1.29 is 18.0 Å². The maximum absolute atomic E-state index is 14.0. The van der Waals surface area contributed by atoms with Crippen LogP contribution in [0, 0.1) is 6.92 Å². The molecule has 0 aliphatic carbocycles. The normalized spacial score (nSPS) is 12.4. The molecule has 202 valence electrons. The number of carbonyl (C=O) groups excluding carboxylic acids is 2. The number of amides is 2. The van der Waals surface area contributed by atoms with Gasteiger partial charge in [0.05, 0.1) is 10.6 Å². The van der Waals surface area contributed by atoms with Gasteiger partial charge in [0.1, 0.15) is 12.6 Å². The Kier molecular flexibility index (Phi) is 9.33. The monoisotopic (exact) mass is 535 g/mol. The summed E-state index contributed by atoms with van der Waals surface area (Å²) in [5.74, 6) is -0.744. The van der Waals surface area contributed by atoms with Crippen LogP contribution < -0.4 is 9.62 Å². The third-order valence-corrected chi connectivity index (χ3v) is 7.93. The van der Waals surface area contributed by atoms with Gasteiger partial charge < -0.3 is 10.2 Å². The Balaban J connectivity index is 2.05.